The van der Waals surface area contributed by atoms with E-state index in [1.165, 1.54) is 0 Å². The molecule has 144 valence electrons. The van der Waals surface area contributed by atoms with Gasteiger partial charge in [-0.25, -0.2) is 0 Å². The van der Waals surface area contributed by atoms with Crippen LogP contribution in [-0.4, -0.2) is 56.3 Å². The molecule has 2 atom stereocenters. The molecule has 2 N–H and O–H groups in total. The van der Waals surface area contributed by atoms with E-state index >= 15 is 0 Å². The molecule has 0 aromatic carbocycles. The maximum atomic E-state index is 10.6. The fourth-order valence-corrected chi connectivity index (χ4v) is 3.77. The zero-order valence-electron chi connectivity index (χ0n) is 16.6. The minimum Gasteiger partial charge on any atom is -0.417 e. The predicted molar refractivity (Wildman–Crippen MR) is 98.5 cm³/mol. The monoisotopic (exact) mass is 362 g/mol. The van der Waals surface area contributed by atoms with E-state index in [0.717, 1.165) is 12.8 Å². The molecule has 0 aromatic rings. The van der Waals surface area contributed by atoms with Gasteiger partial charge in [0, 0.05) is 13.0 Å². The van der Waals surface area contributed by atoms with Crippen LogP contribution in [0.3, 0.4) is 0 Å². The van der Waals surface area contributed by atoms with Gasteiger partial charge in [0.15, 0.2) is 14.1 Å². The predicted octanol–water partition coefficient (Wildman–Crippen LogP) is 3.30. The van der Waals surface area contributed by atoms with E-state index in [-0.39, 0.29) is 17.6 Å². The summed E-state index contributed by atoms with van der Waals surface area (Å²) < 4.78 is 17.5. The summed E-state index contributed by atoms with van der Waals surface area (Å²) >= 11 is 0. The third-order valence-corrected chi connectivity index (χ3v) is 10.3. The largest absolute Gasteiger partial charge is 0.417 e. The highest BCUT2D eigenvalue weighted by atomic mass is 28.4. The van der Waals surface area contributed by atoms with Gasteiger partial charge in [0.2, 0.25) is 0 Å². The molecule has 0 unspecified atom stereocenters. The molecule has 0 radical (unpaired) electrons. The first-order valence-electron chi connectivity index (χ1n) is 9.08. The van der Waals surface area contributed by atoms with E-state index in [1.807, 2.05) is 6.92 Å². The zero-order valence-corrected chi connectivity index (χ0v) is 17.6. The van der Waals surface area contributed by atoms with Gasteiger partial charge in [-0.05, 0) is 50.7 Å². The first-order chi connectivity index (χ1) is 10.8. The van der Waals surface area contributed by atoms with E-state index in [1.54, 1.807) is 6.92 Å². The fraction of sp³-hybridized carbons (Fsp3) is 1.00. The quantitative estimate of drug-likeness (QED) is 0.616. The van der Waals surface area contributed by atoms with Crippen molar-refractivity contribution in [3.05, 3.63) is 0 Å². The van der Waals surface area contributed by atoms with Crippen LogP contribution in [0.1, 0.15) is 53.9 Å². The molecule has 1 fully saturated rings. The van der Waals surface area contributed by atoms with Crippen molar-refractivity contribution in [3.8, 4) is 0 Å². The summed E-state index contributed by atoms with van der Waals surface area (Å²) in [7, 11) is -1.80. The summed E-state index contributed by atoms with van der Waals surface area (Å²) in [6.07, 6.45) is 2.15. The van der Waals surface area contributed by atoms with Crippen molar-refractivity contribution in [2.45, 2.75) is 83.4 Å². The number of hydrogen-bond donors (Lipinski definition) is 2. The van der Waals surface area contributed by atoms with Crippen LogP contribution < -0.4 is 0 Å². The van der Waals surface area contributed by atoms with Crippen molar-refractivity contribution >= 4 is 8.32 Å². The van der Waals surface area contributed by atoms with Crippen LogP contribution in [0.4, 0.5) is 0 Å². The van der Waals surface area contributed by atoms with Crippen molar-refractivity contribution in [2.75, 3.05) is 26.4 Å². The van der Waals surface area contributed by atoms with Gasteiger partial charge in [0.1, 0.15) is 0 Å². The second kappa shape index (κ2) is 8.14. The fourth-order valence-electron chi connectivity index (χ4n) is 2.71. The van der Waals surface area contributed by atoms with E-state index in [4.69, 9.17) is 13.9 Å². The third kappa shape index (κ3) is 6.07. The standard InChI is InChI=1S/C18H38O5Si/c1-16(2,3)24(6,7)23-11-9-15(17(4,20)14-19)8-10-18(5)21-12-13-22-18/h15,19-20H,8-14H2,1-7H3/t15-,17-/m0/s1. The van der Waals surface area contributed by atoms with Crippen molar-refractivity contribution in [2.24, 2.45) is 5.92 Å². The first-order valence-corrected chi connectivity index (χ1v) is 12.0. The third-order valence-electron chi connectivity index (χ3n) is 5.78. The molecule has 0 aliphatic carbocycles. The van der Waals surface area contributed by atoms with Gasteiger partial charge in [-0.1, -0.05) is 20.8 Å². The lowest BCUT2D eigenvalue weighted by atomic mass is 9.83. The zero-order chi connectivity index (χ0) is 18.6. The molecule has 1 rings (SSSR count). The average molecular weight is 363 g/mol. The molecule has 6 heteroatoms. The second-order valence-corrected chi connectivity index (χ2v) is 13.8. The van der Waals surface area contributed by atoms with Crippen molar-refractivity contribution in [1.29, 1.82) is 0 Å². The number of hydrogen-bond acceptors (Lipinski definition) is 5. The van der Waals surface area contributed by atoms with Crippen LogP contribution in [-0.2, 0) is 13.9 Å². The van der Waals surface area contributed by atoms with Gasteiger partial charge in [-0.2, -0.15) is 0 Å². The van der Waals surface area contributed by atoms with Crippen LogP contribution in [0.15, 0.2) is 0 Å². The lowest BCUT2D eigenvalue weighted by molar-refractivity contribution is -0.154. The highest BCUT2D eigenvalue weighted by Crippen LogP contribution is 2.37. The second-order valence-electron chi connectivity index (χ2n) is 8.98. The number of aliphatic hydroxyl groups excluding tert-OH is 1. The molecule has 0 saturated carbocycles. The molecular weight excluding hydrogens is 324 g/mol. The SMILES string of the molecule is CC1(CC[C@@H](CCO[Si](C)(C)C(C)(C)C)[C@@](C)(O)CO)OCCO1. The Balaban J connectivity index is 2.60. The highest BCUT2D eigenvalue weighted by molar-refractivity contribution is 6.74. The van der Waals surface area contributed by atoms with Gasteiger partial charge in [0.05, 0.1) is 25.4 Å². The molecule has 5 nitrogen and oxygen atoms in total. The van der Waals surface area contributed by atoms with Crippen molar-refractivity contribution in [1.82, 2.24) is 0 Å². The molecule has 24 heavy (non-hydrogen) atoms. The van der Waals surface area contributed by atoms with Gasteiger partial charge < -0.3 is 24.1 Å². The van der Waals surface area contributed by atoms with Crippen LogP contribution in [0, 0.1) is 5.92 Å². The van der Waals surface area contributed by atoms with Crippen LogP contribution in [0.5, 0.6) is 0 Å². The first kappa shape index (κ1) is 22.1. The molecule has 1 heterocycles. The smallest absolute Gasteiger partial charge is 0.191 e. The minimum absolute atomic E-state index is 0.0584. The minimum atomic E-state index is -1.80. The molecule has 0 amide bonds. The summed E-state index contributed by atoms with van der Waals surface area (Å²) in [5.41, 5.74) is -1.12. The van der Waals surface area contributed by atoms with Crippen LogP contribution in [0.25, 0.3) is 0 Å². The molecule has 1 aliphatic heterocycles. The Kier molecular flexibility index (Phi) is 7.48. The number of ether oxygens (including phenoxy) is 2. The molecule has 0 spiro atoms. The average Bonchev–Trinajstić information content (AvgIpc) is 2.88. The van der Waals surface area contributed by atoms with Gasteiger partial charge >= 0.3 is 0 Å². The van der Waals surface area contributed by atoms with E-state index in [2.05, 4.69) is 33.9 Å². The Labute approximate surface area is 148 Å². The Morgan fingerprint density at radius 1 is 1.12 bits per heavy atom. The van der Waals surface area contributed by atoms with Crippen LogP contribution >= 0.6 is 0 Å². The molecule has 0 aromatic heterocycles. The number of rotatable bonds is 9. The topological polar surface area (TPSA) is 68.2 Å². The Bertz CT molecular complexity index is 383. The Hall–Kier alpha value is 0.0169. The van der Waals surface area contributed by atoms with Gasteiger partial charge in [0.25, 0.3) is 0 Å². The molecular formula is C18H38O5Si. The van der Waals surface area contributed by atoms with Gasteiger partial charge in [-0.15, -0.1) is 0 Å². The van der Waals surface area contributed by atoms with Crippen molar-refractivity contribution in [3.63, 3.8) is 0 Å². The maximum absolute atomic E-state index is 10.6. The summed E-state index contributed by atoms with van der Waals surface area (Å²) in [5, 5.41) is 20.3. The highest BCUT2D eigenvalue weighted by Gasteiger charge is 2.39. The Morgan fingerprint density at radius 3 is 2.12 bits per heavy atom. The summed E-state index contributed by atoms with van der Waals surface area (Å²) in [4.78, 5) is 0. The summed E-state index contributed by atoms with van der Waals surface area (Å²) in [6, 6.07) is 0. The molecule has 1 aliphatic rings. The summed E-state index contributed by atoms with van der Waals surface area (Å²) in [5.74, 6) is -0.624. The normalized spacial score (nSPS) is 22.4. The van der Waals surface area contributed by atoms with Crippen molar-refractivity contribution < 1.29 is 24.1 Å². The van der Waals surface area contributed by atoms with E-state index in [9.17, 15) is 10.2 Å². The van der Waals surface area contributed by atoms with Gasteiger partial charge in [-0.3, -0.25) is 0 Å². The lowest BCUT2D eigenvalue weighted by Gasteiger charge is -2.38. The van der Waals surface area contributed by atoms with E-state index in [0.29, 0.717) is 26.2 Å². The summed E-state index contributed by atoms with van der Waals surface area (Å²) in [6.45, 7) is 16.3. The van der Waals surface area contributed by atoms with Crippen LogP contribution in [0.2, 0.25) is 18.1 Å². The Morgan fingerprint density at radius 2 is 1.67 bits per heavy atom. The lowest BCUT2D eigenvalue weighted by Crippen LogP contribution is -2.43. The number of aliphatic hydroxyl groups is 2. The maximum Gasteiger partial charge on any atom is 0.191 e. The molecule has 1 saturated heterocycles. The van der Waals surface area contributed by atoms with E-state index < -0.39 is 19.7 Å². The molecule has 0 bridgehead atoms.